The molecule has 0 radical (unpaired) electrons. The van der Waals surface area contributed by atoms with E-state index in [1.165, 1.54) is 27.8 Å². The topological polar surface area (TPSA) is 99.4 Å². The molecule has 0 bridgehead atoms. The number of aromatic nitrogens is 1. The second-order valence-electron chi connectivity index (χ2n) is 6.26. The third-order valence-electron chi connectivity index (χ3n) is 4.15. The van der Waals surface area contributed by atoms with Gasteiger partial charge in [-0.15, -0.1) is 10.2 Å². The van der Waals surface area contributed by atoms with Crippen LogP contribution < -0.4 is 28.1 Å². The molecular formula is C21H23ClN2O4. The van der Waals surface area contributed by atoms with Gasteiger partial charge in [0.2, 0.25) is 11.2 Å². The number of benzene rings is 2. The largest absolute Gasteiger partial charge is 0.378 e. The van der Waals surface area contributed by atoms with Crippen LogP contribution in [0.1, 0.15) is 18.2 Å². The fraction of sp³-hybridized carbons (Fsp3) is 0.190. The smallest absolute Gasteiger partial charge is 0.212 e. The van der Waals surface area contributed by atoms with Crippen LogP contribution in [0, 0.1) is 10.2 Å². The predicted molar refractivity (Wildman–Crippen MR) is 99.5 cm³/mol. The summed E-state index contributed by atoms with van der Waals surface area (Å²) in [4.78, 5) is 2.11. The maximum atomic E-state index is 8.49. The van der Waals surface area contributed by atoms with Crippen molar-refractivity contribution in [3.05, 3.63) is 71.9 Å². The molecule has 6 nitrogen and oxygen atoms in total. The summed E-state index contributed by atoms with van der Waals surface area (Å²) in [6.07, 6.45) is 4.37. The molecule has 0 N–H and O–H groups in total. The first-order valence-corrected chi connectivity index (χ1v) is 9.91. The molecule has 1 aromatic heterocycles. The number of aryl methyl sites for hydroxylation is 1. The number of hydrogen-bond donors (Lipinski definition) is 0. The molecule has 0 unspecified atom stereocenters. The Morgan fingerprint density at radius 1 is 0.857 bits per heavy atom. The van der Waals surface area contributed by atoms with E-state index in [9.17, 15) is 0 Å². The number of anilines is 1. The zero-order valence-corrected chi connectivity index (χ0v) is 16.8. The fourth-order valence-corrected chi connectivity index (χ4v) is 2.84. The van der Waals surface area contributed by atoms with Gasteiger partial charge in [-0.3, -0.25) is 0 Å². The van der Waals surface area contributed by atoms with Gasteiger partial charge in [0.1, 0.15) is 6.54 Å². The minimum atomic E-state index is -4.94. The molecule has 0 spiro atoms. The van der Waals surface area contributed by atoms with E-state index >= 15 is 0 Å². The molecule has 0 aliphatic heterocycles. The van der Waals surface area contributed by atoms with E-state index in [-0.39, 0.29) is 0 Å². The summed E-state index contributed by atoms with van der Waals surface area (Å²) in [6, 6.07) is 21.5. The lowest BCUT2D eigenvalue weighted by molar-refractivity contribution is -2.00. The van der Waals surface area contributed by atoms with Gasteiger partial charge in [-0.1, -0.05) is 24.3 Å². The third kappa shape index (κ3) is 6.60. The molecule has 0 saturated heterocycles. The van der Waals surface area contributed by atoms with Gasteiger partial charge in [0.25, 0.3) is 0 Å². The maximum Gasteiger partial charge on any atom is 0.212 e. The number of pyridine rings is 1. The molecule has 3 rings (SSSR count). The van der Waals surface area contributed by atoms with Gasteiger partial charge in [-0.05, 0) is 42.8 Å². The number of nitrogens with zero attached hydrogens (tertiary/aromatic N) is 2. The Morgan fingerprint density at radius 3 is 2.04 bits per heavy atom. The average molecular weight is 403 g/mol. The first-order chi connectivity index (χ1) is 13.2. The molecule has 28 heavy (non-hydrogen) atoms. The average Bonchev–Trinajstić information content (AvgIpc) is 2.64. The summed E-state index contributed by atoms with van der Waals surface area (Å²) < 4.78 is 36.3. The molecule has 0 saturated carbocycles. The van der Waals surface area contributed by atoms with Gasteiger partial charge in [0, 0.05) is 43.4 Å². The lowest BCUT2D eigenvalue weighted by Crippen LogP contribution is -2.68. The summed E-state index contributed by atoms with van der Waals surface area (Å²) in [5.41, 5.74) is 4.94. The quantitative estimate of drug-likeness (QED) is 0.554. The molecule has 0 aliphatic carbocycles. The minimum absolute atomic E-state index is 0.959. The van der Waals surface area contributed by atoms with Crippen LogP contribution in [0.25, 0.3) is 23.1 Å². The zero-order valence-electron chi connectivity index (χ0n) is 16.0. The SMILES string of the molecule is CC[n+]1c(C=Cc2ccc(N(C)C)cc2)ccc2ccccc21.[O-][Cl+3]([O-])([O-])[O-]. The van der Waals surface area contributed by atoms with E-state index in [4.69, 9.17) is 18.6 Å². The lowest BCUT2D eigenvalue weighted by Gasteiger charge is -2.17. The Balaban J connectivity index is 0.000000500. The van der Waals surface area contributed by atoms with E-state index < -0.39 is 10.2 Å². The van der Waals surface area contributed by atoms with E-state index in [1.54, 1.807) is 0 Å². The van der Waals surface area contributed by atoms with Crippen molar-refractivity contribution >= 4 is 28.7 Å². The van der Waals surface area contributed by atoms with Crippen molar-refractivity contribution in [2.75, 3.05) is 19.0 Å². The Morgan fingerprint density at radius 2 is 1.46 bits per heavy atom. The molecule has 0 aliphatic rings. The first-order valence-electron chi connectivity index (χ1n) is 8.68. The minimum Gasteiger partial charge on any atom is -0.378 e. The van der Waals surface area contributed by atoms with Gasteiger partial charge < -0.3 is 4.90 Å². The van der Waals surface area contributed by atoms with Gasteiger partial charge >= 0.3 is 0 Å². The summed E-state index contributed by atoms with van der Waals surface area (Å²) >= 11 is 0. The van der Waals surface area contributed by atoms with Gasteiger partial charge in [-0.2, -0.15) is 4.57 Å². The Kier molecular flexibility index (Phi) is 7.51. The van der Waals surface area contributed by atoms with E-state index in [0.29, 0.717) is 0 Å². The molecule has 148 valence electrons. The summed E-state index contributed by atoms with van der Waals surface area (Å²) in [5.74, 6) is 0. The van der Waals surface area contributed by atoms with Crippen LogP contribution in [-0.4, -0.2) is 14.1 Å². The van der Waals surface area contributed by atoms with Crippen LogP contribution in [-0.2, 0) is 6.54 Å². The number of hydrogen-bond acceptors (Lipinski definition) is 5. The van der Waals surface area contributed by atoms with Crippen LogP contribution in [0.3, 0.4) is 0 Å². The second-order valence-corrected chi connectivity index (χ2v) is 7.01. The van der Waals surface area contributed by atoms with Crippen LogP contribution in [0.15, 0.2) is 60.7 Å². The lowest BCUT2D eigenvalue weighted by atomic mass is 10.1. The van der Waals surface area contributed by atoms with Crippen molar-refractivity contribution in [1.29, 1.82) is 0 Å². The standard InChI is InChI=1S/C21H23N2.ClHO4/c1-4-23-20(16-12-18-7-5-6-8-21(18)23)15-11-17-9-13-19(14-10-17)22(2)3;2-1(3,4)5/h5-16H,4H2,1-3H3;(H,2,3,4,5)/q+1;/p-1. The highest BCUT2D eigenvalue weighted by Crippen LogP contribution is 2.15. The van der Waals surface area contributed by atoms with Crippen molar-refractivity contribution in [1.82, 2.24) is 0 Å². The molecule has 0 atom stereocenters. The van der Waals surface area contributed by atoms with Crippen LogP contribution >= 0.6 is 0 Å². The monoisotopic (exact) mass is 402 g/mol. The van der Waals surface area contributed by atoms with Crippen molar-refractivity contribution in [2.45, 2.75) is 13.5 Å². The van der Waals surface area contributed by atoms with Gasteiger partial charge in [0.05, 0.1) is 0 Å². The summed E-state index contributed by atoms with van der Waals surface area (Å²) in [7, 11) is -0.825. The highest BCUT2D eigenvalue weighted by Gasteiger charge is 2.10. The second kappa shape index (κ2) is 9.64. The fourth-order valence-electron chi connectivity index (χ4n) is 2.84. The Hall–Kier alpha value is -2.48. The van der Waals surface area contributed by atoms with E-state index in [0.717, 1.165) is 6.54 Å². The predicted octanol–water partition coefficient (Wildman–Crippen LogP) is -0.372. The molecule has 0 amide bonds. The number of rotatable bonds is 4. The highest BCUT2D eigenvalue weighted by atomic mass is 35.7. The summed E-state index contributed by atoms with van der Waals surface area (Å²) in [5, 5.41) is 1.28. The van der Waals surface area contributed by atoms with Crippen LogP contribution in [0.2, 0.25) is 0 Å². The molecular weight excluding hydrogens is 380 g/mol. The van der Waals surface area contributed by atoms with Crippen molar-refractivity contribution in [2.24, 2.45) is 0 Å². The molecule has 7 heteroatoms. The maximum absolute atomic E-state index is 8.49. The Labute approximate surface area is 167 Å². The number of fused-ring (bicyclic) bond motifs is 1. The molecule has 2 aromatic carbocycles. The van der Waals surface area contributed by atoms with Crippen molar-refractivity contribution in [3.63, 3.8) is 0 Å². The zero-order chi connectivity index (χ0) is 20.7. The first kappa shape index (κ1) is 21.8. The van der Waals surface area contributed by atoms with Crippen LogP contribution in [0.4, 0.5) is 5.69 Å². The van der Waals surface area contributed by atoms with E-state index in [1.807, 2.05) is 0 Å². The normalized spacial score (nSPS) is 11.4. The van der Waals surface area contributed by atoms with Crippen molar-refractivity contribution in [3.8, 4) is 0 Å². The third-order valence-corrected chi connectivity index (χ3v) is 4.15. The van der Waals surface area contributed by atoms with Crippen molar-refractivity contribution < 1.29 is 33.4 Å². The van der Waals surface area contributed by atoms with Gasteiger partial charge in [-0.25, -0.2) is 18.6 Å². The highest BCUT2D eigenvalue weighted by molar-refractivity contribution is 5.77. The molecule has 1 heterocycles. The molecule has 3 aromatic rings. The van der Waals surface area contributed by atoms with Crippen LogP contribution in [0.5, 0.6) is 0 Å². The Bertz CT molecular complexity index is 929. The van der Waals surface area contributed by atoms with Gasteiger partial charge in [0.15, 0.2) is 0 Å². The number of para-hydroxylation sites is 1. The summed E-state index contributed by atoms with van der Waals surface area (Å²) in [6.45, 7) is 3.15. The number of halogens is 1. The molecule has 0 fully saturated rings. The van der Waals surface area contributed by atoms with E-state index in [2.05, 4.69) is 103 Å².